The average molecular weight is 665 g/mol. The van der Waals surface area contributed by atoms with E-state index in [1.807, 2.05) is 13.8 Å². The van der Waals surface area contributed by atoms with Crippen LogP contribution in [0.2, 0.25) is 5.02 Å². The summed E-state index contributed by atoms with van der Waals surface area (Å²) in [6.45, 7) is 8.64. The van der Waals surface area contributed by atoms with Crippen LogP contribution in [-0.4, -0.2) is 76.0 Å². The fourth-order valence-electron chi connectivity index (χ4n) is 4.39. The predicted molar refractivity (Wildman–Crippen MR) is 166 cm³/mol. The number of rotatable bonds is 11. The molecule has 1 aliphatic rings. The molecule has 0 saturated carbocycles. The molecule has 1 aliphatic heterocycles. The highest BCUT2D eigenvalue weighted by Crippen LogP contribution is 2.32. The third-order valence-electron chi connectivity index (χ3n) is 6.95. The molecule has 15 heteroatoms. The molecule has 1 aromatic carbocycles. The largest absolute Gasteiger partial charge is 0.477 e. The fourth-order valence-corrected chi connectivity index (χ4v) is 4.57. The van der Waals surface area contributed by atoms with Crippen molar-refractivity contribution in [2.24, 2.45) is 4.99 Å². The molecule has 4 rings (SSSR count). The number of benzene rings is 1. The van der Waals surface area contributed by atoms with Crippen LogP contribution in [0.3, 0.4) is 0 Å². The maximum Gasteiger partial charge on any atom is 0.435 e. The van der Waals surface area contributed by atoms with Gasteiger partial charge in [0.25, 0.3) is 0 Å². The van der Waals surface area contributed by atoms with Crippen molar-refractivity contribution < 1.29 is 36.9 Å². The van der Waals surface area contributed by atoms with E-state index in [0.29, 0.717) is 31.9 Å². The SMILES string of the molecule is CCC(C)=CC(=C(N=C(C)Nc1ccc(F)c(Cl)c1)n1ccc(C(F)(F)F)n1)c1cnc(OCCN2CCOCC2)c(C(=O)O)c1. The van der Waals surface area contributed by atoms with Crippen molar-refractivity contribution >= 4 is 40.5 Å². The first kappa shape index (κ1) is 34.6. The van der Waals surface area contributed by atoms with Crippen LogP contribution < -0.4 is 10.1 Å². The molecule has 0 bridgehead atoms. The first-order chi connectivity index (χ1) is 21.8. The molecular formula is C31H33ClF4N6O4. The zero-order valence-electron chi connectivity index (χ0n) is 25.4. The van der Waals surface area contributed by atoms with Gasteiger partial charge in [-0.05, 0) is 50.6 Å². The van der Waals surface area contributed by atoms with Crippen molar-refractivity contribution in [3.8, 4) is 5.88 Å². The number of morpholine rings is 1. The van der Waals surface area contributed by atoms with Crippen molar-refractivity contribution in [2.45, 2.75) is 33.4 Å². The number of carboxylic acid groups (broad SMARTS) is 1. The highest BCUT2D eigenvalue weighted by atomic mass is 35.5. The molecule has 0 aliphatic carbocycles. The van der Waals surface area contributed by atoms with E-state index in [4.69, 9.17) is 21.1 Å². The van der Waals surface area contributed by atoms with Crippen LogP contribution in [0.15, 0.2) is 59.4 Å². The van der Waals surface area contributed by atoms with Crippen LogP contribution in [0, 0.1) is 5.82 Å². The van der Waals surface area contributed by atoms with Gasteiger partial charge in [-0.2, -0.15) is 18.3 Å². The van der Waals surface area contributed by atoms with Crippen molar-refractivity contribution in [2.75, 3.05) is 44.8 Å². The van der Waals surface area contributed by atoms with E-state index in [1.165, 1.54) is 24.4 Å². The first-order valence-electron chi connectivity index (χ1n) is 14.3. The standard InChI is InChI=1S/C31H33ClF4N6O4/c1-4-19(2)15-23(21-16-24(30(43)44)29(37-18-21)46-14-11-41-9-12-45-13-10-41)28(42-8-7-27(40-42)31(34,35)36)39-20(3)38-22-5-6-26(33)25(32)17-22/h5-8,15-18H,4,9-14H2,1-3H3,(H,38,39)(H,43,44). The lowest BCUT2D eigenvalue weighted by atomic mass is 10.0. The van der Waals surface area contributed by atoms with Gasteiger partial charge in [-0.15, -0.1) is 0 Å². The van der Waals surface area contributed by atoms with E-state index in [0.717, 1.165) is 41.7 Å². The molecule has 0 unspecified atom stereocenters. The number of amidine groups is 1. The minimum atomic E-state index is -4.73. The molecule has 3 aromatic rings. The predicted octanol–water partition coefficient (Wildman–Crippen LogP) is 6.71. The molecule has 2 N–H and O–H groups in total. The number of hydrogen-bond acceptors (Lipinski definition) is 7. The quantitative estimate of drug-likeness (QED) is 0.101. The van der Waals surface area contributed by atoms with Gasteiger partial charge in [-0.25, -0.2) is 23.8 Å². The number of anilines is 1. The summed E-state index contributed by atoms with van der Waals surface area (Å²) >= 11 is 5.91. The van der Waals surface area contributed by atoms with E-state index >= 15 is 0 Å². The van der Waals surface area contributed by atoms with Crippen molar-refractivity contribution in [1.29, 1.82) is 0 Å². The number of aromatic carboxylic acids is 1. The number of halogens is 5. The lowest BCUT2D eigenvalue weighted by Gasteiger charge is -2.26. The highest BCUT2D eigenvalue weighted by Gasteiger charge is 2.34. The normalized spacial score (nSPS) is 15.5. The number of nitrogens with one attached hydrogen (secondary N) is 1. The van der Waals surface area contributed by atoms with E-state index in [1.54, 1.807) is 13.0 Å². The van der Waals surface area contributed by atoms with Gasteiger partial charge in [-0.3, -0.25) is 4.90 Å². The van der Waals surface area contributed by atoms with Crippen LogP contribution in [-0.2, 0) is 10.9 Å². The Balaban J connectivity index is 1.82. The molecule has 0 radical (unpaired) electrons. The number of allylic oxidation sites excluding steroid dienone is 3. The summed E-state index contributed by atoms with van der Waals surface area (Å²) in [4.78, 5) is 23.3. The smallest absolute Gasteiger partial charge is 0.435 e. The van der Waals surface area contributed by atoms with Crippen molar-refractivity contribution in [1.82, 2.24) is 19.7 Å². The van der Waals surface area contributed by atoms with Crippen LogP contribution in [0.25, 0.3) is 11.4 Å². The molecule has 0 atom stereocenters. The van der Waals surface area contributed by atoms with Gasteiger partial charge in [0.05, 0.1) is 18.2 Å². The summed E-state index contributed by atoms with van der Waals surface area (Å²) in [6.07, 6.45) is -0.00512. The molecule has 0 amide bonds. The third-order valence-corrected chi connectivity index (χ3v) is 7.24. The summed E-state index contributed by atoms with van der Waals surface area (Å²) < 4.78 is 66.5. The molecule has 1 fully saturated rings. The monoisotopic (exact) mass is 664 g/mol. The molecule has 46 heavy (non-hydrogen) atoms. The average Bonchev–Trinajstić information content (AvgIpc) is 3.52. The topological polar surface area (TPSA) is 114 Å². The molecule has 2 aromatic heterocycles. The zero-order valence-corrected chi connectivity index (χ0v) is 26.1. The number of aliphatic imine (C=N–C) groups is 1. The lowest BCUT2D eigenvalue weighted by Crippen LogP contribution is -2.38. The van der Waals surface area contributed by atoms with Gasteiger partial charge in [-0.1, -0.05) is 30.2 Å². The number of carboxylic acids is 1. The van der Waals surface area contributed by atoms with Crippen LogP contribution >= 0.6 is 11.6 Å². The van der Waals surface area contributed by atoms with Crippen molar-refractivity contribution in [3.63, 3.8) is 0 Å². The van der Waals surface area contributed by atoms with E-state index in [9.17, 15) is 27.5 Å². The Morgan fingerprint density at radius 3 is 2.59 bits per heavy atom. The summed E-state index contributed by atoms with van der Waals surface area (Å²) in [5.41, 5.74) is 0.272. The minimum Gasteiger partial charge on any atom is -0.477 e. The molecule has 246 valence electrons. The molecule has 0 spiro atoms. The van der Waals surface area contributed by atoms with E-state index < -0.39 is 23.7 Å². The van der Waals surface area contributed by atoms with Gasteiger partial charge >= 0.3 is 12.1 Å². The Hall–Kier alpha value is -4.27. The summed E-state index contributed by atoms with van der Waals surface area (Å²) in [5, 5.41) is 16.6. The second-order valence-electron chi connectivity index (χ2n) is 10.4. The van der Waals surface area contributed by atoms with Crippen LogP contribution in [0.1, 0.15) is 48.8 Å². The maximum absolute atomic E-state index is 13.7. The van der Waals surface area contributed by atoms with Crippen molar-refractivity contribution in [3.05, 3.63) is 82.0 Å². The highest BCUT2D eigenvalue weighted by molar-refractivity contribution is 6.31. The number of pyridine rings is 1. The molecular weight excluding hydrogens is 632 g/mol. The second-order valence-corrected chi connectivity index (χ2v) is 10.8. The summed E-state index contributed by atoms with van der Waals surface area (Å²) in [7, 11) is 0. The molecule has 10 nitrogen and oxygen atoms in total. The van der Waals surface area contributed by atoms with Crippen LogP contribution in [0.5, 0.6) is 5.88 Å². The Labute approximate surface area is 268 Å². The Kier molecular flexibility index (Phi) is 11.5. The number of carbonyl (C=O) groups is 1. The Bertz CT molecular complexity index is 1650. The van der Waals surface area contributed by atoms with Gasteiger partial charge in [0.2, 0.25) is 5.88 Å². The maximum atomic E-state index is 13.7. The Morgan fingerprint density at radius 2 is 1.96 bits per heavy atom. The fraction of sp³-hybridized carbons (Fsp3) is 0.355. The van der Waals surface area contributed by atoms with Gasteiger partial charge in [0.1, 0.15) is 23.8 Å². The number of aromatic nitrogens is 3. The van der Waals surface area contributed by atoms with E-state index in [-0.39, 0.29) is 45.9 Å². The number of alkyl halides is 3. The first-order valence-corrected chi connectivity index (χ1v) is 14.7. The molecule has 1 saturated heterocycles. The second kappa shape index (κ2) is 15.3. The van der Waals surface area contributed by atoms with Gasteiger partial charge in [0.15, 0.2) is 11.5 Å². The number of hydrogen-bond donors (Lipinski definition) is 2. The van der Waals surface area contributed by atoms with E-state index in [2.05, 4.69) is 25.3 Å². The minimum absolute atomic E-state index is 0.0689. The summed E-state index contributed by atoms with van der Waals surface area (Å²) in [5.74, 6) is -1.91. The number of ether oxygens (including phenoxy) is 2. The third kappa shape index (κ3) is 9.14. The Morgan fingerprint density at radius 1 is 1.22 bits per heavy atom. The number of nitrogens with zero attached hydrogens (tertiary/aromatic N) is 5. The molecule has 3 heterocycles. The summed E-state index contributed by atoms with van der Waals surface area (Å²) in [6, 6.07) is 6.04. The lowest BCUT2D eigenvalue weighted by molar-refractivity contribution is -0.141. The van der Waals surface area contributed by atoms with Gasteiger partial charge in [0, 0.05) is 48.9 Å². The van der Waals surface area contributed by atoms with Crippen LogP contribution in [0.4, 0.5) is 23.2 Å². The zero-order chi connectivity index (χ0) is 33.4. The van der Waals surface area contributed by atoms with Gasteiger partial charge < -0.3 is 19.9 Å².